The van der Waals surface area contributed by atoms with Crippen LogP contribution in [0, 0.1) is 11.7 Å². The molecule has 1 heterocycles. The summed E-state index contributed by atoms with van der Waals surface area (Å²) < 4.78 is 16.1. The van der Waals surface area contributed by atoms with Crippen LogP contribution in [-0.4, -0.2) is 15.5 Å². The lowest BCUT2D eigenvalue weighted by molar-refractivity contribution is -0.126. The summed E-state index contributed by atoms with van der Waals surface area (Å²) in [6.07, 6.45) is 8.66. The van der Waals surface area contributed by atoms with Gasteiger partial charge in [0, 0.05) is 30.9 Å². The van der Waals surface area contributed by atoms with E-state index in [9.17, 15) is 9.18 Å². The van der Waals surface area contributed by atoms with Gasteiger partial charge in [-0.05, 0) is 18.9 Å². The Morgan fingerprint density at radius 2 is 2.04 bits per heavy atom. The number of hydrogen-bond acceptors (Lipinski definition) is 2. The number of carbonyl (C=O) groups is 1. The Balaban J connectivity index is 1.88. The van der Waals surface area contributed by atoms with Crippen molar-refractivity contribution in [1.82, 2.24) is 14.9 Å². The first-order valence-corrected chi connectivity index (χ1v) is 8.19. The molecule has 1 aliphatic rings. The highest BCUT2D eigenvalue weighted by molar-refractivity contribution is 5.79. The van der Waals surface area contributed by atoms with Crippen LogP contribution in [0.15, 0.2) is 36.7 Å². The molecule has 0 aliphatic heterocycles. The molecule has 1 N–H and O–H groups in total. The molecule has 122 valence electrons. The summed E-state index contributed by atoms with van der Waals surface area (Å²) in [6, 6.07) is 5.98. The molecule has 1 atom stereocenters. The third-order valence-corrected chi connectivity index (χ3v) is 4.60. The van der Waals surface area contributed by atoms with E-state index in [1.54, 1.807) is 30.6 Å². The third-order valence-electron chi connectivity index (χ3n) is 4.60. The van der Waals surface area contributed by atoms with Crippen LogP contribution in [0.4, 0.5) is 4.39 Å². The van der Waals surface area contributed by atoms with E-state index in [1.807, 2.05) is 11.6 Å². The van der Waals surface area contributed by atoms with Gasteiger partial charge in [-0.15, -0.1) is 0 Å². The van der Waals surface area contributed by atoms with Gasteiger partial charge in [0.15, 0.2) is 0 Å². The van der Waals surface area contributed by atoms with Crippen molar-refractivity contribution in [3.05, 3.63) is 53.9 Å². The van der Waals surface area contributed by atoms with Gasteiger partial charge in [-0.1, -0.05) is 37.5 Å². The number of amides is 1. The molecule has 1 aliphatic carbocycles. The van der Waals surface area contributed by atoms with Gasteiger partial charge in [0.25, 0.3) is 0 Å². The fourth-order valence-electron chi connectivity index (χ4n) is 3.27. The van der Waals surface area contributed by atoms with Crippen LogP contribution in [0.2, 0.25) is 0 Å². The van der Waals surface area contributed by atoms with Crippen LogP contribution in [0.1, 0.15) is 49.5 Å². The topological polar surface area (TPSA) is 46.9 Å². The van der Waals surface area contributed by atoms with Crippen LogP contribution in [0.5, 0.6) is 0 Å². The Kier molecular flexibility index (Phi) is 4.74. The molecular formula is C18H22FN3O. The van der Waals surface area contributed by atoms with Crippen molar-refractivity contribution in [2.75, 3.05) is 0 Å². The third kappa shape index (κ3) is 3.44. The number of rotatable bonds is 4. The lowest BCUT2D eigenvalue weighted by Crippen LogP contribution is -2.36. The highest BCUT2D eigenvalue weighted by atomic mass is 19.1. The van der Waals surface area contributed by atoms with Crippen LogP contribution >= 0.6 is 0 Å². The fourth-order valence-corrected chi connectivity index (χ4v) is 3.27. The summed E-state index contributed by atoms with van der Waals surface area (Å²) in [5.41, 5.74) is 0.450. The SMILES string of the molecule is Cn1ccnc1C(NC(=O)C1CCCCC1)c1ccccc1F. The molecule has 2 aromatic rings. The second kappa shape index (κ2) is 6.94. The first kappa shape index (κ1) is 15.7. The van der Waals surface area contributed by atoms with Crippen molar-refractivity contribution in [3.8, 4) is 0 Å². The number of halogens is 1. The zero-order valence-electron chi connectivity index (χ0n) is 13.3. The number of hydrogen-bond donors (Lipinski definition) is 1. The predicted molar refractivity (Wildman–Crippen MR) is 86.2 cm³/mol. The number of nitrogens with zero attached hydrogens (tertiary/aromatic N) is 2. The summed E-state index contributed by atoms with van der Waals surface area (Å²) in [7, 11) is 1.85. The predicted octanol–water partition coefficient (Wildman–Crippen LogP) is 3.35. The monoisotopic (exact) mass is 315 g/mol. The quantitative estimate of drug-likeness (QED) is 0.940. The Morgan fingerprint density at radius 3 is 2.70 bits per heavy atom. The average Bonchev–Trinajstić information content (AvgIpc) is 3.00. The fraction of sp³-hybridized carbons (Fsp3) is 0.444. The van der Waals surface area contributed by atoms with E-state index in [0.717, 1.165) is 25.7 Å². The largest absolute Gasteiger partial charge is 0.342 e. The molecule has 1 unspecified atom stereocenters. The molecule has 3 rings (SSSR count). The Labute approximate surface area is 135 Å². The molecule has 1 aromatic carbocycles. The van der Waals surface area contributed by atoms with Crippen molar-refractivity contribution in [3.63, 3.8) is 0 Å². The van der Waals surface area contributed by atoms with Gasteiger partial charge in [-0.25, -0.2) is 9.37 Å². The molecule has 1 amide bonds. The Morgan fingerprint density at radius 1 is 1.30 bits per heavy atom. The van der Waals surface area contributed by atoms with E-state index in [1.165, 1.54) is 12.5 Å². The summed E-state index contributed by atoms with van der Waals surface area (Å²) in [6.45, 7) is 0. The van der Waals surface area contributed by atoms with E-state index in [0.29, 0.717) is 11.4 Å². The number of aromatic nitrogens is 2. The van der Waals surface area contributed by atoms with Crippen LogP contribution in [-0.2, 0) is 11.8 Å². The Bertz CT molecular complexity index is 676. The van der Waals surface area contributed by atoms with Crippen molar-refractivity contribution in [2.45, 2.75) is 38.1 Å². The van der Waals surface area contributed by atoms with E-state index in [2.05, 4.69) is 10.3 Å². The summed E-state index contributed by atoms with van der Waals surface area (Å²) in [5, 5.41) is 3.02. The van der Waals surface area contributed by atoms with E-state index in [-0.39, 0.29) is 17.6 Å². The van der Waals surface area contributed by atoms with Gasteiger partial charge < -0.3 is 9.88 Å². The maximum absolute atomic E-state index is 14.3. The smallest absolute Gasteiger partial charge is 0.223 e. The molecular weight excluding hydrogens is 293 g/mol. The van der Waals surface area contributed by atoms with E-state index >= 15 is 0 Å². The number of imidazole rings is 1. The minimum absolute atomic E-state index is 0.000882. The lowest BCUT2D eigenvalue weighted by Gasteiger charge is -2.25. The highest BCUT2D eigenvalue weighted by Gasteiger charge is 2.27. The first-order chi connectivity index (χ1) is 11.2. The van der Waals surface area contributed by atoms with Crippen molar-refractivity contribution in [2.24, 2.45) is 13.0 Å². The molecule has 4 nitrogen and oxygen atoms in total. The molecule has 0 bridgehead atoms. The molecule has 0 saturated heterocycles. The summed E-state index contributed by atoms with van der Waals surface area (Å²) in [5.74, 6) is 0.336. The van der Waals surface area contributed by atoms with Gasteiger partial charge >= 0.3 is 0 Å². The zero-order valence-corrected chi connectivity index (χ0v) is 13.3. The molecule has 0 radical (unpaired) electrons. The van der Waals surface area contributed by atoms with Crippen molar-refractivity contribution in [1.29, 1.82) is 0 Å². The highest BCUT2D eigenvalue weighted by Crippen LogP contribution is 2.27. The van der Waals surface area contributed by atoms with Gasteiger partial charge in [0.1, 0.15) is 17.7 Å². The molecule has 0 spiro atoms. The second-order valence-electron chi connectivity index (χ2n) is 6.19. The zero-order chi connectivity index (χ0) is 16.2. The first-order valence-electron chi connectivity index (χ1n) is 8.19. The van der Waals surface area contributed by atoms with Crippen LogP contribution in [0.3, 0.4) is 0 Å². The maximum atomic E-state index is 14.3. The van der Waals surface area contributed by atoms with Crippen molar-refractivity contribution < 1.29 is 9.18 Å². The van der Waals surface area contributed by atoms with E-state index in [4.69, 9.17) is 0 Å². The lowest BCUT2D eigenvalue weighted by atomic mass is 9.88. The van der Waals surface area contributed by atoms with Crippen molar-refractivity contribution >= 4 is 5.91 Å². The van der Waals surface area contributed by atoms with Crippen LogP contribution < -0.4 is 5.32 Å². The van der Waals surface area contributed by atoms with Gasteiger partial charge in [-0.2, -0.15) is 0 Å². The standard InChI is InChI=1S/C18H22FN3O/c1-22-12-11-20-17(22)16(14-9-5-6-10-15(14)19)21-18(23)13-7-3-2-4-8-13/h5-6,9-13,16H,2-4,7-8H2,1H3,(H,21,23). The van der Waals surface area contributed by atoms with Gasteiger partial charge in [-0.3, -0.25) is 4.79 Å². The minimum atomic E-state index is -0.564. The summed E-state index contributed by atoms with van der Waals surface area (Å²) in [4.78, 5) is 16.9. The molecule has 1 aromatic heterocycles. The second-order valence-corrected chi connectivity index (χ2v) is 6.19. The molecule has 1 fully saturated rings. The number of aryl methyl sites for hydroxylation is 1. The van der Waals surface area contributed by atoms with Gasteiger partial charge in [0.2, 0.25) is 5.91 Å². The molecule has 23 heavy (non-hydrogen) atoms. The normalized spacial score (nSPS) is 17.0. The minimum Gasteiger partial charge on any atom is -0.342 e. The molecule has 1 saturated carbocycles. The van der Waals surface area contributed by atoms with E-state index < -0.39 is 6.04 Å². The molecule has 5 heteroatoms. The number of nitrogens with one attached hydrogen (secondary N) is 1. The van der Waals surface area contributed by atoms with Gasteiger partial charge in [0.05, 0.1) is 0 Å². The Hall–Kier alpha value is -2.17. The van der Waals surface area contributed by atoms with Crippen LogP contribution in [0.25, 0.3) is 0 Å². The number of benzene rings is 1. The summed E-state index contributed by atoms with van der Waals surface area (Å²) >= 11 is 0. The average molecular weight is 315 g/mol. The maximum Gasteiger partial charge on any atom is 0.223 e. The number of carbonyl (C=O) groups excluding carboxylic acids is 1.